The fourth-order valence-electron chi connectivity index (χ4n) is 3.21. The SMILES string of the molecule is C=CCN(C[C@H]1CC(c2ccccc2OC)=NO1)C(=O)Nc1ccc(OCC)cc1. The van der Waals surface area contributed by atoms with Gasteiger partial charge >= 0.3 is 6.03 Å². The van der Waals surface area contributed by atoms with Crippen molar-refractivity contribution in [2.75, 3.05) is 32.1 Å². The number of carbonyl (C=O) groups excluding carboxylic acids is 1. The van der Waals surface area contributed by atoms with Crippen molar-refractivity contribution in [3.8, 4) is 11.5 Å². The third kappa shape index (κ3) is 5.31. The van der Waals surface area contributed by atoms with Crippen molar-refractivity contribution in [2.24, 2.45) is 5.16 Å². The van der Waals surface area contributed by atoms with Gasteiger partial charge < -0.3 is 24.5 Å². The molecular formula is C23H27N3O4. The summed E-state index contributed by atoms with van der Waals surface area (Å²) in [7, 11) is 1.63. The van der Waals surface area contributed by atoms with Crippen LogP contribution < -0.4 is 14.8 Å². The molecule has 1 aliphatic heterocycles. The molecule has 0 aromatic heterocycles. The standard InChI is InChI=1S/C23H27N3O4/c1-4-14-26(23(27)24-17-10-12-18(13-11-17)29-5-2)16-19-15-21(25-30-19)20-8-6-7-9-22(20)28-3/h4,6-13,19H,1,5,14-16H2,2-3H3,(H,24,27)/t19-/m1/s1. The summed E-state index contributed by atoms with van der Waals surface area (Å²) >= 11 is 0. The molecule has 0 saturated heterocycles. The molecule has 2 amide bonds. The molecule has 7 heteroatoms. The molecule has 0 aliphatic carbocycles. The van der Waals surface area contributed by atoms with Gasteiger partial charge in [0.15, 0.2) is 6.10 Å². The second-order valence-electron chi connectivity index (χ2n) is 6.75. The summed E-state index contributed by atoms with van der Waals surface area (Å²) in [5.41, 5.74) is 2.40. The average molecular weight is 409 g/mol. The van der Waals surface area contributed by atoms with Gasteiger partial charge in [-0.1, -0.05) is 23.4 Å². The van der Waals surface area contributed by atoms with E-state index < -0.39 is 0 Å². The molecule has 1 N–H and O–H groups in total. The van der Waals surface area contributed by atoms with Gasteiger partial charge in [0, 0.05) is 24.2 Å². The lowest BCUT2D eigenvalue weighted by Crippen LogP contribution is -2.40. The molecule has 0 saturated carbocycles. The van der Waals surface area contributed by atoms with Crippen LogP contribution in [0.3, 0.4) is 0 Å². The lowest BCUT2D eigenvalue weighted by molar-refractivity contribution is 0.0645. The number of rotatable bonds is 9. The Balaban J connectivity index is 1.60. The van der Waals surface area contributed by atoms with Gasteiger partial charge in [0.05, 0.1) is 26.0 Å². The second-order valence-corrected chi connectivity index (χ2v) is 6.75. The molecule has 158 valence electrons. The first-order chi connectivity index (χ1) is 14.6. The number of benzene rings is 2. The summed E-state index contributed by atoms with van der Waals surface area (Å²) in [5.74, 6) is 1.51. The van der Waals surface area contributed by atoms with E-state index in [0.29, 0.717) is 31.8 Å². The Hall–Kier alpha value is -3.48. The molecule has 1 aliphatic rings. The lowest BCUT2D eigenvalue weighted by atomic mass is 10.0. The second kappa shape index (κ2) is 10.3. The van der Waals surface area contributed by atoms with Crippen molar-refractivity contribution >= 4 is 17.4 Å². The van der Waals surface area contributed by atoms with Crippen LogP contribution in [0.1, 0.15) is 18.9 Å². The van der Waals surface area contributed by atoms with Gasteiger partial charge in [-0.3, -0.25) is 0 Å². The van der Waals surface area contributed by atoms with E-state index in [-0.39, 0.29) is 12.1 Å². The summed E-state index contributed by atoms with van der Waals surface area (Å²) < 4.78 is 10.8. The van der Waals surface area contributed by atoms with Crippen LogP contribution in [0.25, 0.3) is 0 Å². The van der Waals surface area contributed by atoms with E-state index >= 15 is 0 Å². The maximum atomic E-state index is 12.8. The Morgan fingerprint density at radius 2 is 2.07 bits per heavy atom. The van der Waals surface area contributed by atoms with E-state index in [1.54, 1.807) is 18.1 Å². The zero-order valence-electron chi connectivity index (χ0n) is 17.3. The molecule has 2 aromatic rings. The summed E-state index contributed by atoms with van der Waals surface area (Å²) in [6.45, 7) is 7.06. The first-order valence-corrected chi connectivity index (χ1v) is 9.90. The van der Waals surface area contributed by atoms with Crippen molar-refractivity contribution in [1.82, 2.24) is 4.90 Å². The topological polar surface area (TPSA) is 72.4 Å². The Bertz CT molecular complexity index is 896. The number of amides is 2. The highest BCUT2D eigenvalue weighted by atomic mass is 16.6. The van der Waals surface area contributed by atoms with E-state index in [1.807, 2.05) is 55.5 Å². The van der Waals surface area contributed by atoms with Gasteiger partial charge in [-0.15, -0.1) is 6.58 Å². The van der Waals surface area contributed by atoms with Crippen LogP contribution in [0, 0.1) is 0 Å². The van der Waals surface area contributed by atoms with Crippen molar-refractivity contribution in [2.45, 2.75) is 19.4 Å². The van der Waals surface area contributed by atoms with Gasteiger partial charge in [0.25, 0.3) is 0 Å². The fraction of sp³-hybridized carbons (Fsp3) is 0.304. The van der Waals surface area contributed by atoms with Crippen LogP contribution in [0.4, 0.5) is 10.5 Å². The molecule has 0 unspecified atom stereocenters. The number of nitrogens with zero attached hydrogens (tertiary/aromatic N) is 2. The highest BCUT2D eigenvalue weighted by Crippen LogP contribution is 2.25. The Morgan fingerprint density at radius 3 is 2.77 bits per heavy atom. The summed E-state index contributed by atoms with van der Waals surface area (Å²) in [5, 5.41) is 7.12. The monoisotopic (exact) mass is 409 g/mol. The molecule has 0 fully saturated rings. The zero-order valence-corrected chi connectivity index (χ0v) is 17.3. The quantitative estimate of drug-likeness (QED) is 0.627. The summed E-state index contributed by atoms with van der Waals surface area (Å²) in [6.07, 6.45) is 2.04. The molecule has 3 rings (SSSR count). The van der Waals surface area contributed by atoms with Crippen LogP contribution >= 0.6 is 0 Å². The highest BCUT2D eigenvalue weighted by Gasteiger charge is 2.27. The minimum Gasteiger partial charge on any atom is -0.496 e. The van der Waals surface area contributed by atoms with Gasteiger partial charge in [0.1, 0.15) is 11.5 Å². The number of para-hydroxylation sites is 1. The predicted molar refractivity (Wildman–Crippen MR) is 117 cm³/mol. The molecule has 0 spiro atoms. The number of ether oxygens (including phenoxy) is 2. The molecule has 1 atom stereocenters. The number of hydrogen-bond acceptors (Lipinski definition) is 5. The number of methoxy groups -OCH3 is 1. The van der Waals surface area contributed by atoms with Gasteiger partial charge in [-0.2, -0.15) is 0 Å². The normalized spacial score (nSPS) is 15.0. The third-order valence-corrected chi connectivity index (χ3v) is 4.63. The first-order valence-electron chi connectivity index (χ1n) is 9.90. The Labute approximate surface area is 176 Å². The van der Waals surface area contributed by atoms with E-state index in [0.717, 1.165) is 22.8 Å². The van der Waals surface area contributed by atoms with Crippen LogP contribution in [-0.2, 0) is 4.84 Å². The largest absolute Gasteiger partial charge is 0.496 e. The zero-order chi connectivity index (χ0) is 21.3. The maximum absolute atomic E-state index is 12.8. The van der Waals surface area contributed by atoms with Crippen molar-refractivity contribution in [3.63, 3.8) is 0 Å². The van der Waals surface area contributed by atoms with Crippen LogP contribution in [0.5, 0.6) is 11.5 Å². The molecule has 0 radical (unpaired) electrons. The highest BCUT2D eigenvalue weighted by molar-refractivity contribution is 6.03. The van der Waals surface area contributed by atoms with E-state index in [2.05, 4.69) is 17.1 Å². The van der Waals surface area contributed by atoms with Gasteiger partial charge in [-0.25, -0.2) is 4.79 Å². The molecule has 7 nitrogen and oxygen atoms in total. The van der Waals surface area contributed by atoms with E-state index in [9.17, 15) is 4.79 Å². The molecule has 0 bridgehead atoms. The Morgan fingerprint density at radius 1 is 1.30 bits per heavy atom. The summed E-state index contributed by atoms with van der Waals surface area (Å²) in [6, 6.07) is 14.7. The van der Waals surface area contributed by atoms with Gasteiger partial charge in [-0.05, 0) is 43.3 Å². The van der Waals surface area contributed by atoms with Crippen molar-refractivity contribution in [3.05, 3.63) is 66.7 Å². The number of carbonyl (C=O) groups is 1. The summed E-state index contributed by atoms with van der Waals surface area (Å²) in [4.78, 5) is 20.0. The molecule has 1 heterocycles. The van der Waals surface area contributed by atoms with E-state index in [4.69, 9.17) is 14.3 Å². The number of anilines is 1. The van der Waals surface area contributed by atoms with Crippen LogP contribution in [-0.4, -0.2) is 49.6 Å². The number of oxime groups is 1. The predicted octanol–water partition coefficient (Wildman–Crippen LogP) is 4.31. The molecule has 2 aromatic carbocycles. The van der Waals surface area contributed by atoms with Crippen LogP contribution in [0.15, 0.2) is 66.3 Å². The van der Waals surface area contributed by atoms with Crippen LogP contribution in [0.2, 0.25) is 0 Å². The Kier molecular flexibility index (Phi) is 7.32. The number of urea groups is 1. The van der Waals surface area contributed by atoms with Crippen molar-refractivity contribution in [1.29, 1.82) is 0 Å². The molecule has 30 heavy (non-hydrogen) atoms. The number of hydrogen-bond donors (Lipinski definition) is 1. The first kappa shape index (κ1) is 21.2. The van der Waals surface area contributed by atoms with Crippen molar-refractivity contribution < 1.29 is 19.1 Å². The fourth-order valence-corrected chi connectivity index (χ4v) is 3.21. The number of nitrogens with one attached hydrogen (secondary N) is 1. The smallest absolute Gasteiger partial charge is 0.322 e. The minimum atomic E-state index is -0.240. The van der Waals surface area contributed by atoms with Gasteiger partial charge in [0.2, 0.25) is 0 Å². The lowest BCUT2D eigenvalue weighted by Gasteiger charge is -2.24. The maximum Gasteiger partial charge on any atom is 0.322 e. The average Bonchev–Trinajstić information content (AvgIpc) is 3.23. The third-order valence-electron chi connectivity index (χ3n) is 4.63. The van der Waals surface area contributed by atoms with E-state index in [1.165, 1.54) is 0 Å². The molecular weight excluding hydrogens is 382 g/mol. The minimum absolute atomic E-state index is 0.228.